The fraction of sp³-hybridized carbons (Fsp3) is 0.238. The minimum atomic E-state index is -0.0207. The number of anilines is 1. The fourth-order valence-corrected chi connectivity index (χ4v) is 3.89. The highest BCUT2D eigenvalue weighted by atomic mass is 32.1. The number of nitrogens with zero attached hydrogens (tertiary/aromatic N) is 3. The van der Waals surface area contributed by atoms with Gasteiger partial charge < -0.3 is 19.5 Å². The van der Waals surface area contributed by atoms with E-state index in [1.54, 1.807) is 0 Å². The van der Waals surface area contributed by atoms with Crippen molar-refractivity contribution in [2.45, 2.75) is 19.0 Å². The Kier molecular flexibility index (Phi) is 4.81. The number of hydrogen-bond donors (Lipinski definition) is 1. The van der Waals surface area contributed by atoms with Gasteiger partial charge >= 0.3 is 0 Å². The van der Waals surface area contributed by atoms with Crippen molar-refractivity contribution in [3.8, 4) is 5.75 Å². The molecule has 1 aliphatic heterocycles. The molecule has 27 heavy (non-hydrogen) atoms. The largest absolute Gasteiger partial charge is 0.494 e. The summed E-state index contributed by atoms with van der Waals surface area (Å²) >= 11 is 5.72. The molecule has 4 rings (SSSR count). The van der Waals surface area contributed by atoms with Crippen molar-refractivity contribution in [1.82, 2.24) is 14.9 Å². The van der Waals surface area contributed by atoms with E-state index in [9.17, 15) is 0 Å². The van der Waals surface area contributed by atoms with Crippen LogP contribution in [-0.2, 0) is 7.05 Å². The molecule has 1 fully saturated rings. The molecule has 0 spiro atoms. The van der Waals surface area contributed by atoms with E-state index in [1.165, 1.54) is 5.56 Å². The number of thiocarbonyl (C=S) groups is 1. The van der Waals surface area contributed by atoms with Gasteiger partial charge in [0.2, 0.25) is 0 Å². The Hall–Kier alpha value is -2.86. The first-order chi connectivity index (χ1) is 13.2. The van der Waals surface area contributed by atoms with E-state index < -0.39 is 0 Å². The third kappa shape index (κ3) is 3.40. The molecular formula is C21H22N4OS. The van der Waals surface area contributed by atoms with Gasteiger partial charge in [-0.1, -0.05) is 6.07 Å². The monoisotopic (exact) mass is 378 g/mol. The van der Waals surface area contributed by atoms with Crippen molar-refractivity contribution < 1.29 is 4.74 Å². The normalized spacial score (nSPS) is 19.2. The van der Waals surface area contributed by atoms with Gasteiger partial charge in [-0.3, -0.25) is 4.98 Å². The lowest BCUT2D eigenvalue weighted by Gasteiger charge is -2.27. The van der Waals surface area contributed by atoms with Gasteiger partial charge in [0.15, 0.2) is 5.11 Å². The first-order valence-corrected chi connectivity index (χ1v) is 9.43. The van der Waals surface area contributed by atoms with Gasteiger partial charge in [-0.15, -0.1) is 0 Å². The molecule has 1 aromatic carbocycles. The highest BCUT2D eigenvalue weighted by Crippen LogP contribution is 2.41. The van der Waals surface area contributed by atoms with Crippen molar-refractivity contribution in [3.05, 3.63) is 78.4 Å². The molecule has 0 unspecified atom stereocenters. The summed E-state index contributed by atoms with van der Waals surface area (Å²) in [6, 6.07) is 16.2. The first-order valence-electron chi connectivity index (χ1n) is 9.02. The molecule has 2 aromatic heterocycles. The lowest BCUT2D eigenvalue weighted by molar-refractivity contribution is 0.340. The smallest absolute Gasteiger partial charge is 0.174 e. The molecule has 5 nitrogen and oxygen atoms in total. The third-order valence-corrected chi connectivity index (χ3v) is 5.03. The van der Waals surface area contributed by atoms with Crippen LogP contribution in [0.2, 0.25) is 0 Å². The fourth-order valence-electron chi connectivity index (χ4n) is 3.54. The summed E-state index contributed by atoms with van der Waals surface area (Å²) in [6.07, 6.45) is 6.02. The van der Waals surface area contributed by atoms with Crippen LogP contribution in [-0.4, -0.2) is 21.3 Å². The summed E-state index contributed by atoms with van der Waals surface area (Å²) in [5, 5.41) is 4.17. The van der Waals surface area contributed by atoms with Crippen LogP contribution in [0.4, 0.5) is 5.69 Å². The van der Waals surface area contributed by atoms with Gasteiger partial charge in [0.1, 0.15) is 5.75 Å². The number of nitrogens with one attached hydrogen (secondary N) is 1. The summed E-state index contributed by atoms with van der Waals surface area (Å²) in [5.74, 6) is 0.858. The molecule has 3 heterocycles. The Bertz CT molecular complexity index is 923. The van der Waals surface area contributed by atoms with Crippen LogP contribution in [0, 0.1) is 0 Å². The topological polar surface area (TPSA) is 42.3 Å². The van der Waals surface area contributed by atoms with E-state index in [4.69, 9.17) is 17.0 Å². The van der Waals surface area contributed by atoms with Gasteiger partial charge in [-0.2, -0.15) is 0 Å². The van der Waals surface area contributed by atoms with Gasteiger partial charge in [-0.25, -0.2) is 0 Å². The second kappa shape index (κ2) is 7.40. The predicted octanol–water partition coefficient (Wildman–Crippen LogP) is 4.00. The molecule has 0 radical (unpaired) electrons. The highest BCUT2D eigenvalue weighted by Gasteiger charge is 2.40. The van der Waals surface area contributed by atoms with E-state index >= 15 is 0 Å². The second-order valence-electron chi connectivity index (χ2n) is 6.53. The van der Waals surface area contributed by atoms with Crippen LogP contribution in [0.15, 0.2) is 67.1 Å². The maximum absolute atomic E-state index is 5.72. The Morgan fingerprint density at radius 2 is 1.96 bits per heavy atom. The van der Waals surface area contributed by atoms with Crippen molar-refractivity contribution in [1.29, 1.82) is 0 Å². The van der Waals surface area contributed by atoms with E-state index in [0.717, 1.165) is 17.1 Å². The maximum atomic E-state index is 5.72. The zero-order chi connectivity index (χ0) is 18.8. The molecule has 138 valence electrons. The Labute approximate surface area is 164 Å². The Morgan fingerprint density at radius 1 is 1.15 bits per heavy atom. The molecule has 1 N–H and O–H groups in total. The lowest BCUT2D eigenvalue weighted by Crippen LogP contribution is -2.29. The zero-order valence-electron chi connectivity index (χ0n) is 15.4. The van der Waals surface area contributed by atoms with Crippen molar-refractivity contribution in [2.24, 2.45) is 7.05 Å². The standard InChI is InChI=1S/C21H22N4OS/c1-3-26-17-9-7-16(8-10-17)25-20(15-11-13-24(2)14-15)19(23-21(25)27)18-6-4-5-12-22-18/h4-14,19-20H,3H2,1-2H3,(H,23,27)/t19-,20-/m0/s1. The third-order valence-electron chi connectivity index (χ3n) is 4.72. The highest BCUT2D eigenvalue weighted by molar-refractivity contribution is 7.80. The summed E-state index contributed by atoms with van der Waals surface area (Å²) in [5.41, 5.74) is 3.19. The molecule has 0 saturated carbocycles. The number of aromatic nitrogens is 2. The molecule has 2 atom stereocenters. The van der Waals surface area contributed by atoms with Crippen LogP contribution < -0.4 is 15.0 Å². The first kappa shape index (κ1) is 17.5. The maximum Gasteiger partial charge on any atom is 0.174 e. The number of aryl methyl sites for hydroxylation is 1. The van der Waals surface area contributed by atoms with Crippen molar-refractivity contribution >= 4 is 23.0 Å². The minimum absolute atomic E-state index is 0.0199. The number of ether oxygens (including phenoxy) is 1. The number of hydrogen-bond acceptors (Lipinski definition) is 3. The quantitative estimate of drug-likeness (QED) is 0.680. The molecule has 6 heteroatoms. The SMILES string of the molecule is CCOc1ccc(N2C(=S)N[C@@H](c3ccccn3)[C@@H]2c2ccn(C)c2)cc1. The Balaban J connectivity index is 1.75. The summed E-state index contributed by atoms with van der Waals surface area (Å²) < 4.78 is 7.63. The Morgan fingerprint density at radius 3 is 2.59 bits per heavy atom. The van der Waals surface area contributed by atoms with Crippen LogP contribution in [0.5, 0.6) is 5.75 Å². The predicted molar refractivity (Wildman–Crippen MR) is 111 cm³/mol. The van der Waals surface area contributed by atoms with Crippen LogP contribution in [0.1, 0.15) is 30.3 Å². The van der Waals surface area contributed by atoms with E-state index in [-0.39, 0.29) is 12.1 Å². The van der Waals surface area contributed by atoms with Gasteiger partial charge in [0.25, 0.3) is 0 Å². The molecule has 3 aromatic rings. The van der Waals surface area contributed by atoms with Crippen molar-refractivity contribution in [2.75, 3.05) is 11.5 Å². The molecular weight excluding hydrogens is 356 g/mol. The van der Waals surface area contributed by atoms with Gasteiger partial charge in [0.05, 0.1) is 24.4 Å². The van der Waals surface area contributed by atoms with Crippen LogP contribution >= 0.6 is 12.2 Å². The van der Waals surface area contributed by atoms with Gasteiger partial charge in [-0.05, 0) is 67.2 Å². The second-order valence-corrected chi connectivity index (χ2v) is 6.92. The average Bonchev–Trinajstić information content (AvgIpc) is 3.26. The zero-order valence-corrected chi connectivity index (χ0v) is 16.2. The number of pyridine rings is 1. The summed E-state index contributed by atoms with van der Waals surface area (Å²) in [7, 11) is 2.03. The number of rotatable bonds is 5. The molecule has 1 saturated heterocycles. The summed E-state index contributed by atoms with van der Waals surface area (Å²) in [4.78, 5) is 6.74. The van der Waals surface area contributed by atoms with E-state index in [2.05, 4.69) is 50.4 Å². The van der Waals surface area contributed by atoms with Crippen molar-refractivity contribution in [3.63, 3.8) is 0 Å². The van der Waals surface area contributed by atoms with E-state index in [0.29, 0.717) is 11.7 Å². The minimum Gasteiger partial charge on any atom is -0.494 e. The summed E-state index contributed by atoms with van der Waals surface area (Å²) in [6.45, 7) is 2.63. The number of benzene rings is 1. The molecule has 0 bridgehead atoms. The average molecular weight is 379 g/mol. The van der Waals surface area contributed by atoms with Crippen LogP contribution in [0.3, 0.4) is 0 Å². The lowest BCUT2D eigenvalue weighted by atomic mass is 9.98. The van der Waals surface area contributed by atoms with Crippen LogP contribution in [0.25, 0.3) is 0 Å². The van der Waals surface area contributed by atoms with Gasteiger partial charge in [0, 0.05) is 31.3 Å². The molecule has 0 amide bonds. The molecule has 0 aliphatic carbocycles. The van der Waals surface area contributed by atoms with E-state index in [1.807, 2.05) is 50.5 Å². The molecule has 1 aliphatic rings.